The number of hydrogen-bond donors (Lipinski definition) is 5. The van der Waals surface area contributed by atoms with E-state index in [0.717, 1.165) is 0 Å². The van der Waals surface area contributed by atoms with E-state index in [1.54, 1.807) is 47.8 Å². The predicted molar refractivity (Wildman–Crippen MR) is 96.2 cm³/mol. The SMILES string of the molecule is Cn1cc(NC(=O)c2cc(N)cn2C)cc1C(=O)NCCN=CNN. The number of nitrogens with zero attached hydrogens (tertiary/aromatic N) is 3. The summed E-state index contributed by atoms with van der Waals surface area (Å²) in [5, 5.41) is 5.48. The Hall–Kier alpha value is -3.27. The highest BCUT2D eigenvalue weighted by Crippen LogP contribution is 2.16. The number of nitrogens with one attached hydrogen (secondary N) is 3. The van der Waals surface area contributed by atoms with E-state index < -0.39 is 0 Å². The van der Waals surface area contributed by atoms with Crippen LogP contribution in [0.25, 0.3) is 0 Å². The number of rotatable bonds is 7. The summed E-state index contributed by atoms with van der Waals surface area (Å²) in [5.41, 5.74) is 9.83. The number of aryl methyl sites for hydroxylation is 2. The highest BCUT2D eigenvalue weighted by molar-refractivity contribution is 6.04. The van der Waals surface area contributed by atoms with Gasteiger partial charge in [0.2, 0.25) is 0 Å². The molecule has 2 aromatic heterocycles. The van der Waals surface area contributed by atoms with Gasteiger partial charge in [-0.3, -0.25) is 14.6 Å². The first-order chi connectivity index (χ1) is 11.9. The lowest BCUT2D eigenvalue weighted by molar-refractivity contribution is 0.0945. The number of hydrazine groups is 1. The molecule has 0 aromatic carbocycles. The largest absolute Gasteiger partial charge is 0.397 e. The number of aromatic nitrogens is 2. The van der Waals surface area contributed by atoms with E-state index in [-0.39, 0.29) is 11.8 Å². The van der Waals surface area contributed by atoms with Crippen LogP contribution in [0.2, 0.25) is 0 Å². The lowest BCUT2D eigenvalue weighted by atomic mass is 10.3. The molecule has 0 spiro atoms. The van der Waals surface area contributed by atoms with Gasteiger partial charge in [-0.05, 0) is 12.1 Å². The Labute approximate surface area is 144 Å². The molecule has 0 fully saturated rings. The number of nitrogen functional groups attached to an aromatic ring is 1. The Bertz CT molecular complexity index is 790. The first-order valence-electron chi connectivity index (χ1n) is 7.54. The van der Waals surface area contributed by atoms with Crippen LogP contribution >= 0.6 is 0 Å². The molecule has 2 heterocycles. The molecular weight excluding hydrogens is 324 g/mol. The van der Waals surface area contributed by atoms with Gasteiger partial charge in [0.1, 0.15) is 11.4 Å². The molecule has 10 nitrogen and oxygen atoms in total. The smallest absolute Gasteiger partial charge is 0.272 e. The van der Waals surface area contributed by atoms with Crippen molar-refractivity contribution in [1.82, 2.24) is 19.9 Å². The van der Waals surface area contributed by atoms with Crippen molar-refractivity contribution in [3.63, 3.8) is 0 Å². The van der Waals surface area contributed by atoms with Crippen molar-refractivity contribution in [2.24, 2.45) is 24.9 Å². The summed E-state index contributed by atoms with van der Waals surface area (Å²) >= 11 is 0. The molecule has 0 atom stereocenters. The molecular formula is C15H22N8O2. The third-order valence-corrected chi connectivity index (χ3v) is 3.45. The Morgan fingerprint density at radius 3 is 2.48 bits per heavy atom. The van der Waals surface area contributed by atoms with Gasteiger partial charge in [-0.25, -0.2) is 5.84 Å². The summed E-state index contributed by atoms with van der Waals surface area (Å²) in [5.74, 6) is 4.48. The Kier molecular flexibility index (Phi) is 5.79. The number of anilines is 2. The average Bonchev–Trinajstić information content (AvgIpc) is 3.08. The van der Waals surface area contributed by atoms with Crippen LogP contribution in [0, 0.1) is 0 Å². The lowest BCUT2D eigenvalue weighted by Gasteiger charge is -2.03. The van der Waals surface area contributed by atoms with E-state index >= 15 is 0 Å². The van der Waals surface area contributed by atoms with Gasteiger partial charge in [0.25, 0.3) is 11.8 Å². The summed E-state index contributed by atoms with van der Waals surface area (Å²) in [6.07, 6.45) is 4.66. The van der Waals surface area contributed by atoms with Gasteiger partial charge in [0, 0.05) is 33.0 Å². The molecule has 2 amide bonds. The lowest BCUT2D eigenvalue weighted by Crippen LogP contribution is -2.28. The minimum absolute atomic E-state index is 0.262. The molecule has 0 radical (unpaired) electrons. The van der Waals surface area contributed by atoms with Crippen molar-refractivity contribution in [1.29, 1.82) is 0 Å². The van der Waals surface area contributed by atoms with Gasteiger partial charge in [0.15, 0.2) is 0 Å². The molecule has 0 aliphatic rings. The highest BCUT2D eigenvalue weighted by Gasteiger charge is 2.15. The van der Waals surface area contributed by atoms with Crippen LogP contribution < -0.4 is 27.6 Å². The number of aliphatic imine (C=N–C) groups is 1. The first kappa shape index (κ1) is 18.1. The second-order valence-electron chi connectivity index (χ2n) is 5.41. The van der Waals surface area contributed by atoms with E-state index in [0.29, 0.717) is 35.9 Å². The standard InChI is InChI=1S/C15H22N8O2/c1-22-7-10(16)5-12(22)15(25)21-11-6-13(23(2)8-11)14(24)19-4-3-18-9-20-17/h5-9H,3-4,16-17H2,1-2H3,(H,18,20)(H,19,24)(H,21,25). The van der Waals surface area contributed by atoms with Crippen molar-refractivity contribution in [2.45, 2.75) is 0 Å². The van der Waals surface area contributed by atoms with E-state index in [4.69, 9.17) is 11.6 Å². The fraction of sp³-hybridized carbons (Fsp3) is 0.267. The summed E-state index contributed by atoms with van der Waals surface area (Å²) in [4.78, 5) is 28.4. The third-order valence-electron chi connectivity index (χ3n) is 3.45. The van der Waals surface area contributed by atoms with Crippen molar-refractivity contribution < 1.29 is 9.59 Å². The maximum Gasteiger partial charge on any atom is 0.272 e. The number of carbonyl (C=O) groups is 2. The Balaban J connectivity index is 1.99. The molecule has 25 heavy (non-hydrogen) atoms. The van der Waals surface area contributed by atoms with Crippen LogP contribution in [0.15, 0.2) is 29.5 Å². The summed E-state index contributed by atoms with van der Waals surface area (Å²) in [7, 11) is 3.46. The van der Waals surface area contributed by atoms with Crippen LogP contribution in [0.3, 0.4) is 0 Å². The molecule has 0 bridgehead atoms. The Morgan fingerprint density at radius 2 is 1.84 bits per heavy atom. The molecule has 2 rings (SSSR count). The molecule has 0 saturated heterocycles. The van der Waals surface area contributed by atoms with E-state index in [1.807, 2.05) is 0 Å². The molecule has 0 saturated carbocycles. The van der Waals surface area contributed by atoms with E-state index in [9.17, 15) is 9.59 Å². The number of nitrogens with two attached hydrogens (primary N) is 2. The molecule has 10 heteroatoms. The fourth-order valence-corrected chi connectivity index (χ4v) is 2.31. The Morgan fingerprint density at radius 1 is 1.16 bits per heavy atom. The molecule has 134 valence electrons. The quantitative estimate of drug-likeness (QED) is 0.150. The van der Waals surface area contributed by atoms with Gasteiger partial charge >= 0.3 is 0 Å². The summed E-state index contributed by atoms with van der Waals surface area (Å²) in [6.45, 7) is 0.769. The average molecular weight is 346 g/mol. The first-order valence-corrected chi connectivity index (χ1v) is 7.54. The zero-order valence-electron chi connectivity index (χ0n) is 14.1. The van der Waals surface area contributed by atoms with Crippen LogP contribution in [0.4, 0.5) is 11.4 Å². The van der Waals surface area contributed by atoms with E-state index in [2.05, 4.69) is 21.1 Å². The topological polar surface area (TPSA) is 144 Å². The molecule has 0 aliphatic carbocycles. The molecule has 2 aromatic rings. The van der Waals surface area contributed by atoms with Crippen LogP contribution in [0.1, 0.15) is 21.0 Å². The second-order valence-corrected chi connectivity index (χ2v) is 5.41. The van der Waals surface area contributed by atoms with Crippen molar-refractivity contribution in [3.05, 3.63) is 35.9 Å². The molecule has 0 aliphatic heterocycles. The zero-order valence-corrected chi connectivity index (χ0v) is 14.1. The van der Waals surface area contributed by atoms with Gasteiger partial charge in [-0.1, -0.05) is 0 Å². The predicted octanol–water partition coefficient (Wildman–Crippen LogP) is -0.580. The zero-order chi connectivity index (χ0) is 18.4. The van der Waals surface area contributed by atoms with Gasteiger partial charge < -0.3 is 30.9 Å². The third kappa shape index (κ3) is 4.61. The summed E-state index contributed by atoms with van der Waals surface area (Å²) < 4.78 is 3.27. The normalized spacial score (nSPS) is 10.8. The number of carbonyl (C=O) groups excluding carboxylic acids is 2. The molecule has 0 unspecified atom stereocenters. The minimum atomic E-state index is -0.305. The number of amides is 2. The number of hydrogen-bond acceptors (Lipinski definition) is 5. The van der Waals surface area contributed by atoms with Crippen molar-refractivity contribution >= 4 is 29.5 Å². The van der Waals surface area contributed by atoms with E-state index in [1.165, 1.54) is 6.34 Å². The van der Waals surface area contributed by atoms with Crippen molar-refractivity contribution in [2.75, 3.05) is 24.1 Å². The fourth-order valence-electron chi connectivity index (χ4n) is 2.31. The summed E-state index contributed by atoms with van der Waals surface area (Å²) in [6, 6.07) is 3.19. The van der Waals surface area contributed by atoms with Crippen LogP contribution in [0.5, 0.6) is 0 Å². The highest BCUT2D eigenvalue weighted by atomic mass is 16.2. The van der Waals surface area contributed by atoms with Gasteiger partial charge in [-0.15, -0.1) is 0 Å². The minimum Gasteiger partial charge on any atom is -0.397 e. The maximum atomic E-state index is 12.3. The van der Waals surface area contributed by atoms with Gasteiger partial charge in [-0.2, -0.15) is 0 Å². The molecule has 7 N–H and O–H groups in total. The van der Waals surface area contributed by atoms with Gasteiger partial charge in [0.05, 0.1) is 24.3 Å². The van der Waals surface area contributed by atoms with Crippen molar-refractivity contribution in [3.8, 4) is 0 Å². The second kappa shape index (κ2) is 8.02. The maximum absolute atomic E-state index is 12.3. The van der Waals surface area contributed by atoms with Crippen LogP contribution in [-0.2, 0) is 14.1 Å². The van der Waals surface area contributed by atoms with Crippen LogP contribution in [-0.4, -0.2) is 40.4 Å². The monoisotopic (exact) mass is 346 g/mol.